The molecule has 2 heteroatoms. The minimum absolute atomic E-state index is 0.159. The average molecular weight is 442 g/mol. The molecule has 2 aliphatic carbocycles. The van der Waals surface area contributed by atoms with Crippen LogP contribution >= 0.6 is 31.9 Å². The number of halogens is 2. The van der Waals surface area contributed by atoms with Gasteiger partial charge in [-0.25, -0.2) is 0 Å². The van der Waals surface area contributed by atoms with E-state index in [9.17, 15) is 0 Å². The van der Waals surface area contributed by atoms with E-state index < -0.39 is 0 Å². The van der Waals surface area contributed by atoms with Crippen LogP contribution in [0.2, 0.25) is 0 Å². The van der Waals surface area contributed by atoms with Crippen LogP contribution in [0.5, 0.6) is 0 Å². The van der Waals surface area contributed by atoms with Gasteiger partial charge in [0.1, 0.15) is 0 Å². The summed E-state index contributed by atoms with van der Waals surface area (Å²) in [5.41, 5.74) is 6.02. The van der Waals surface area contributed by atoms with Crippen molar-refractivity contribution in [2.45, 2.75) is 31.6 Å². The van der Waals surface area contributed by atoms with Gasteiger partial charge in [0.2, 0.25) is 0 Å². The van der Waals surface area contributed by atoms with Gasteiger partial charge < -0.3 is 0 Å². The van der Waals surface area contributed by atoms with Crippen molar-refractivity contribution in [3.63, 3.8) is 0 Å². The first-order valence-corrected chi connectivity index (χ1v) is 10.2. The molecule has 120 valence electrons. The molecule has 3 aromatic carbocycles. The Morgan fingerprint density at radius 1 is 0.958 bits per heavy atom. The van der Waals surface area contributed by atoms with E-state index in [1.807, 2.05) is 0 Å². The van der Waals surface area contributed by atoms with Gasteiger partial charge in [0.05, 0.1) is 0 Å². The second kappa shape index (κ2) is 5.19. The van der Waals surface area contributed by atoms with Gasteiger partial charge in [-0.1, -0.05) is 75.5 Å². The number of fused-ring (bicyclic) bond motifs is 4. The number of benzene rings is 3. The Labute approximate surface area is 159 Å². The van der Waals surface area contributed by atoms with Crippen LogP contribution in [0.25, 0.3) is 21.9 Å². The maximum absolute atomic E-state index is 3.77. The van der Waals surface area contributed by atoms with E-state index in [1.165, 1.54) is 61.2 Å². The maximum atomic E-state index is 3.77. The monoisotopic (exact) mass is 440 g/mol. The molecular weight excluding hydrogens is 424 g/mol. The lowest BCUT2D eigenvalue weighted by Gasteiger charge is -2.41. The molecule has 5 rings (SSSR count). The molecule has 0 nitrogen and oxygen atoms in total. The van der Waals surface area contributed by atoms with Gasteiger partial charge in [0, 0.05) is 14.4 Å². The molecule has 2 atom stereocenters. The van der Waals surface area contributed by atoms with Crippen LogP contribution in [0, 0.1) is 5.92 Å². The van der Waals surface area contributed by atoms with Crippen molar-refractivity contribution in [1.29, 1.82) is 0 Å². The minimum atomic E-state index is 0.159. The third-order valence-corrected chi connectivity index (χ3v) is 7.45. The van der Waals surface area contributed by atoms with Crippen LogP contribution in [-0.2, 0) is 5.41 Å². The quantitative estimate of drug-likeness (QED) is 0.339. The smallest absolute Gasteiger partial charge is 0.0254 e. The van der Waals surface area contributed by atoms with E-state index in [4.69, 9.17) is 0 Å². The summed E-state index contributed by atoms with van der Waals surface area (Å²) < 4.78 is 2.39. The molecule has 3 aromatic rings. The van der Waals surface area contributed by atoms with E-state index in [0.29, 0.717) is 5.92 Å². The summed E-state index contributed by atoms with van der Waals surface area (Å²) in [7, 11) is 0. The van der Waals surface area contributed by atoms with Crippen molar-refractivity contribution in [2.75, 3.05) is 0 Å². The summed E-state index contributed by atoms with van der Waals surface area (Å²) in [6, 6.07) is 18.2. The van der Waals surface area contributed by atoms with E-state index in [1.54, 1.807) is 0 Å². The molecule has 0 bridgehead atoms. The van der Waals surface area contributed by atoms with Gasteiger partial charge >= 0.3 is 0 Å². The molecule has 1 spiro atoms. The SMILES string of the molecule is CC1CCCC12c1cc(Br)ccc1-c1ccc(Br)c3cccc2c13. The maximum Gasteiger partial charge on any atom is 0.0254 e. The number of rotatable bonds is 0. The molecule has 24 heavy (non-hydrogen) atoms. The topological polar surface area (TPSA) is 0 Å². The second-order valence-corrected chi connectivity index (χ2v) is 9.05. The Morgan fingerprint density at radius 2 is 1.79 bits per heavy atom. The Hall–Kier alpha value is -1.12. The Kier molecular flexibility index (Phi) is 3.28. The molecule has 0 heterocycles. The molecule has 2 unspecified atom stereocenters. The molecule has 0 N–H and O–H groups in total. The average Bonchev–Trinajstić information content (AvgIpc) is 2.97. The van der Waals surface area contributed by atoms with Crippen LogP contribution in [0.4, 0.5) is 0 Å². The first-order chi connectivity index (χ1) is 11.6. The molecule has 0 amide bonds. The predicted octanol–water partition coefficient (Wildman–Crippen LogP) is 7.45. The van der Waals surface area contributed by atoms with Crippen molar-refractivity contribution in [1.82, 2.24) is 0 Å². The van der Waals surface area contributed by atoms with E-state index in [2.05, 4.69) is 87.3 Å². The first-order valence-electron chi connectivity index (χ1n) is 8.65. The lowest BCUT2D eigenvalue weighted by Crippen LogP contribution is -2.33. The molecular formula is C22H18Br2. The largest absolute Gasteiger partial charge is 0.0613 e. The van der Waals surface area contributed by atoms with Gasteiger partial charge in [-0.3, -0.25) is 0 Å². The molecule has 0 aromatic heterocycles. The second-order valence-electron chi connectivity index (χ2n) is 7.28. The van der Waals surface area contributed by atoms with Crippen LogP contribution in [0.3, 0.4) is 0 Å². The van der Waals surface area contributed by atoms with Gasteiger partial charge in [-0.05, 0) is 70.0 Å². The zero-order valence-electron chi connectivity index (χ0n) is 13.6. The van der Waals surface area contributed by atoms with E-state index >= 15 is 0 Å². The zero-order valence-corrected chi connectivity index (χ0v) is 16.7. The highest BCUT2D eigenvalue weighted by atomic mass is 79.9. The number of hydrogen-bond donors (Lipinski definition) is 0. The number of hydrogen-bond acceptors (Lipinski definition) is 0. The Bertz CT molecular complexity index is 989. The summed E-state index contributed by atoms with van der Waals surface area (Å²) >= 11 is 7.50. The fourth-order valence-electron chi connectivity index (χ4n) is 5.21. The van der Waals surface area contributed by atoms with Crippen molar-refractivity contribution >= 4 is 42.6 Å². The molecule has 0 aliphatic heterocycles. The van der Waals surface area contributed by atoms with Gasteiger partial charge in [0.25, 0.3) is 0 Å². The first kappa shape index (κ1) is 15.2. The summed E-state index contributed by atoms with van der Waals surface area (Å²) in [5, 5.41) is 2.80. The fourth-order valence-corrected chi connectivity index (χ4v) is 6.04. The van der Waals surface area contributed by atoms with Crippen molar-refractivity contribution in [3.05, 3.63) is 68.6 Å². The standard InChI is InChI=1S/C22H18Br2/c1-13-4-3-11-22(13)18-6-2-5-17-20(24)10-9-16(21(17)18)15-8-7-14(23)12-19(15)22/h2,5-10,12-13H,3-4,11H2,1H3. The van der Waals surface area contributed by atoms with E-state index in [-0.39, 0.29) is 5.41 Å². The van der Waals surface area contributed by atoms with Crippen molar-refractivity contribution in [2.24, 2.45) is 5.92 Å². The summed E-state index contributed by atoms with van der Waals surface area (Å²) in [5.74, 6) is 0.670. The molecule has 1 fully saturated rings. The molecule has 1 saturated carbocycles. The lowest BCUT2D eigenvalue weighted by molar-refractivity contribution is 0.407. The lowest BCUT2D eigenvalue weighted by atomic mass is 9.62. The third-order valence-electron chi connectivity index (χ3n) is 6.27. The van der Waals surface area contributed by atoms with Crippen LogP contribution in [0.1, 0.15) is 37.3 Å². The normalized spacial score (nSPS) is 24.5. The molecule has 2 aliphatic rings. The highest BCUT2D eigenvalue weighted by Crippen LogP contribution is 2.58. The van der Waals surface area contributed by atoms with Crippen LogP contribution < -0.4 is 0 Å². The van der Waals surface area contributed by atoms with Gasteiger partial charge in [0.15, 0.2) is 0 Å². The zero-order chi connectivity index (χ0) is 16.5. The summed E-state index contributed by atoms with van der Waals surface area (Å²) in [6.45, 7) is 2.44. The van der Waals surface area contributed by atoms with Crippen molar-refractivity contribution in [3.8, 4) is 11.1 Å². The van der Waals surface area contributed by atoms with E-state index in [0.717, 1.165) is 0 Å². The highest BCUT2D eigenvalue weighted by molar-refractivity contribution is 9.11. The summed E-state index contributed by atoms with van der Waals surface area (Å²) in [6.07, 6.45) is 3.88. The van der Waals surface area contributed by atoms with Crippen LogP contribution in [0.15, 0.2) is 57.5 Å². The van der Waals surface area contributed by atoms with Gasteiger partial charge in [-0.15, -0.1) is 0 Å². The predicted molar refractivity (Wildman–Crippen MR) is 109 cm³/mol. The minimum Gasteiger partial charge on any atom is -0.0613 e. The van der Waals surface area contributed by atoms with Gasteiger partial charge in [-0.2, -0.15) is 0 Å². The molecule has 0 radical (unpaired) electrons. The molecule has 0 saturated heterocycles. The van der Waals surface area contributed by atoms with Crippen molar-refractivity contribution < 1.29 is 0 Å². The Morgan fingerprint density at radius 3 is 2.58 bits per heavy atom. The summed E-state index contributed by atoms with van der Waals surface area (Å²) in [4.78, 5) is 0. The highest BCUT2D eigenvalue weighted by Gasteiger charge is 2.47. The fraction of sp³-hybridized carbons (Fsp3) is 0.273. The van der Waals surface area contributed by atoms with Crippen LogP contribution in [-0.4, -0.2) is 0 Å². The third kappa shape index (κ3) is 1.79. The Balaban J connectivity index is 2.02.